The van der Waals surface area contributed by atoms with Gasteiger partial charge in [-0.15, -0.1) is 0 Å². The number of nitrogens with one attached hydrogen (secondary N) is 1. The number of para-hydroxylation sites is 1. The summed E-state index contributed by atoms with van der Waals surface area (Å²) in [5.74, 6) is -1.42. The number of benzene rings is 1. The van der Waals surface area contributed by atoms with Gasteiger partial charge in [-0.2, -0.15) is 0 Å². The number of rotatable bonds is 4. The predicted octanol–water partition coefficient (Wildman–Crippen LogP) is 1.85. The number of amides is 3. The van der Waals surface area contributed by atoms with Crippen LogP contribution in [0.5, 0.6) is 0 Å². The minimum Gasteiger partial charge on any atom is -0.449 e. The molecular formula is C17H19N3O4. The summed E-state index contributed by atoms with van der Waals surface area (Å²) < 4.78 is 5.20. The van der Waals surface area contributed by atoms with Crippen LogP contribution in [0.15, 0.2) is 24.3 Å². The molecule has 0 aliphatic carbocycles. The topological polar surface area (TPSA) is 111 Å². The van der Waals surface area contributed by atoms with E-state index >= 15 is 0 Å². The van der Waals surface area contributed by atoms with E-state index in [4.69, 9.17) is 10.5 Å². The molecule has 24 heavy (non-hydrogen) atoms. The molecule has 0 radical (unpaired) electrons. The Bertz CT molecular complexity index is 817. The molecule has 1 heterocycles. The molecule has 0 spiro atoms. The summed E-state index contributed by atoms with van der Waals surface area (Å²) in [7, 11) is 0. The van der Waals surface area contributed by atoms with Gasteiger partial charge in [-0.05, 0) is 31.9 Å². The Morgan fingerprint density at radius 3 is 2.58 bits per heavy atom. The van der Waals surface area contributed by atoms with Crippen molar-refractivity contribution < 1.29 is 19.1 Å². The first-order valence-electron chi connectivity index (χ1n) is 7.54. The Morgan fingerprint density at radius 2 is 1.96 bits per heavy atom. The van der Waals surface area contributed by atoms with Gasteiger partial charge in [0.15, 0.2) is 6.10 Å². The number of nitrogens with zero attached hydrogens (tertiary/aromatic N) is 1. The summed E-state index contributed by atoms with van der Waals surface area (Å²) >= 11 is 0. The largest absolute Gasteiger partial charge is 0.449 e. The first-order chi connectivity index (χ1) is 11.3. The summed E-state index contributed by atoms with van der Waals surface area (Å²) in [5.41, 5.74) is 7.44. The number of carbonyl (C=O) groups is 3. The average molecular weight is 329 g/mol. The van der Waals surface area contributed by atoms with Crippen molar-refractivity contribution in [3.8, 4) is 0 Å². The molecule has 126 valence electrons. The number of fused-ring (bicyclic) bond motifs is 1. The number of imide groups is 1. The lowest BCUT2D eigenvalue weighted by Gasteiger charge is -2.16. The summed E-state index contributed by atoms with van der Waals surface area (Å²) in [5, 5.41) is 2.54. The molecule has 7 heteroatoms. The zero-order chi connectivity index (χ0) is 17.9. The van der Waals surface area contributed by atoms with Crippen molar-refractivity contribution in [3.05, 3.63) is 41.1 Å². The molecule has 3 N–H and O–H groups in total. The van der Waals surface area contributed by atoms with E-state index in [1.807, 2.05) is 24.4 Å². The van der Waals surface area contributed by atoms with Crippen LogP contribution in [0.2, 0.25) is 0 Å². The molecule has 3 amide bonds. The first kappa shape index (κ1) is 17.4. The molecule has 1 aromatic carbocycles. The molecule has 0 aliphatic heterocycles. The third kappa shape index (κ3) is 3.51. The van der Waals surface area contributed by atoms with Gasteiger partial charge >= 0.3 is 12.0 Å². The van der Waals surface area contributed by atoms with Crippen molar-refractivity contribution >= 4 is 28.8 Å². The van der Waals surface area contributed by atoms with E-state index in [2.05, 4.69) is 4.98 Å². The molecule has 0 saturated carbocycles. The molecule has 1 aromatic heterocycles. The number of primary amides is 1. The van der Waals surface area contributed by atoms with Gasteiger partial charge in [0.1, 0.15) is 0 Å². The molecule has 0 aliphatic rings. The molecule has 2 aromatic rings. The molecule has 7 nitrogen and oxygen atoms in total. The fourth-order valence-electron chi connectivity index (χ4n) is 2.46. The van der Waals surface area contributed by atoms with Crippen molar-refractivity contribution in [2.45, 2.75) is 33.3 Å². The van der Waals surface area contributed by atoms with Crippen molar-refractivity contribution in [1.82, 2.24) is 10.3 Å². The van der Waals surface area contributed by atoms with Crippen LogP contribution < -0.4 is 11.1 Å². The van der Waals surface area contributed by atoms with Crippen LogP contribution >= 0.6 is 0 Å². The Morgan fingerprint density at radius 1 is 1.29 bits per heavy atom. The smallest absolute Gasteiger partial charge is 0.339 e. The SMILES string of the molecule is CCc1nc2ccccc2c(C(=O)O[C@@H](C)C(=O)NC(N)=O)c1C. The van der Waals surface area contributed by atoms with Gasteiger partial charge in [0.05, 0.1) is 11.1 Å². The second-order valence-corrected chi connectivity index (χ2v) is 5.33. The molecule has 2 rings (SSSR count). The lowest BCUT2D eigenvalue weighted by atomic mass is 10.0. The van der Waals surface area contributed by atoms with Gasteiger partial charge in [0, 0.05) is 11.1 Å². The molecule has 0 bridgehead atoms. The quantitative estimate of drug-likeness (QED) is 0.831. The Labute approximate surface area is 139 Å². The lowest BCUT2D eigenvalue weighted by molar-refractivity contribution is -0.127. The second-order valence-electron chi connectivity index (χ2n) is 5.33. The van der Waals surface area contributed by atoms with Crippen LogP contribution in [0.4, 0.5) is 4.79 Å². The van der Waals surface area contributed by atoms with Crippen LogP contribution in [-0.2, 0) is 16.0 Å². The summed E-state index contributed by atoms with van der Waals surface area (Å²) in [6.07, 6.45) is -0.490. The number of hydrogen-bond donors (Lipinski definition) is 2. The van der Waals surface area contributed by atoms with Crippen LogP contribution in [0.1, 0.15) is 35.5 Å². The zero-order valence-corrected chi connectivity index (χ0v) is 13.8. The number of hydrogen-bond acceptors (Lipinski definition) is 5. The van der Waals surface area contributed by atoms with E-state index < -0.39 is 24.0 Å². The van der Waals surface area contributed by atoms with Gasteiger partial charge in [0.25, 0.3) is 5.91 Å². The highest BCUT2D eigenvalue weighted by molar-refractivity contribution is 6.06. The molecule has 0 saturated heterocycles. The number of ether oxygens (including phenoxy) is 1. The van der Waals surface area contributed by atoms with Crippen molar-refractivity contribution in [2.24, 2.45) is 5.73 Å². The zero-order valence-electron chi connectivity index (χ0n) is 13.8. The van der Waals surface area contributed by atoms with E-state index in [0.717, 1.165) is 5.69 Å². The van der Waals surface area contributed by atoms with Gasteiger partial charge in [-0.1, -0.05) is 25.1 Å². The second kappa shape index (κ2) is 7.08. The molecule has 0 unspecified atom stereocenters. The third-order valence-electron chi connectivity index (χ3n) is 3.68. The highest BCUT2D eigenvalue weighted by atomic mass is 16.5. The van der Waals surface area contributed by atoms with E-state index in [1.54, 1.807) is 19.1 Å². The molecular weight excluding hydrogens is 310 g/mol. The number of urea groups is 1. The Hall–Kier alpha value is -2.96. The van der Waals surface area contributed by atoms with Crippen LogP contribution in [0, 0.1) is 6.92 Å². The average Bonchev–Trinajstić information content (AvgIpc) is 2.53. The van der Waals surface area contributed by atoms with Crippen molar-refractivity contribution in [3.63, 3.8) is 0 Å². The number of esters is 1. The Balaban J connectivity index is 2.40. The number of pyridine rings is 1. The van der Waals surface area contributed by atoms with Crippen molar-refractivity contribution in [2.75, 3.05) is 0 Å². The fourth-order valence-corrected chi connectivity index (χ4v) is 2.46. The maximum absolute atomic E-state index is 12.6. The van der Waals surface area contributed by atoms with E-state index in [0.29, 0.717) is 28.5 Å². The van der Waals surface area contributed by atoms with E-state index in [-0.39, 0.29) is 0 Å². The van der Waals surface area contributed by atoms with Gasteiger partial charge in [-0.3, -0.25) is 15.1 Å². The lowest BCUT2D eigenvalue weighted by Crippen LogP contribution is -2.42. The third-order valence-corrected chi connectivity index (χ3v) is 3.68. The van der Waals surface area contributed by atoms with Crippen LogP contribution in [-0.4, -0.2) is 29.0 Å². The number of aromatic nitrogens is 1. The van der Waals surface area contributed by atoms with Gasteiger partial charge in [-0.25, -0.2) is 9.59 Å². The minimum atomic E-state index is -1.15. The normalized spacial score (nSPS) is 11.8. The maximum Gasteiger partial charge on any atom is 0.339 e. The number of aryl methyl sites for hydroxylation is 1. The molecule has 1 atom stereocenters. The summed E-state index contributed by atoms with van der Waals surface area (Å²) in [6, 6.07) is 6.23. The highest BCUT2D eigenvalue weighted by Gasteiger charge is 2.24. The highest BCUT2D eigenvalue weighted by Crippen LogP contribution is 2.24. The van der Waals surface area contributed by atoms with E-state index in [9.17, 15) is 14.4 Å². The van der Waals surface area contributed by atoms with Crippen LogP contribution in [0.25, 0.3) is 10.9 Å². The van der Waals surface area contributed by atoms with E-state index in [1.165, 1.54) is 6.92 Å². The van der Waals surface area contributed by atoms with Crippen LogP contribution in [0.3, 0.4) is 0 Å². The monoisotopic (exact) mass is 329 g/mol. The fraction of sp³-hybridized carbons (Fsp3) is 0.294. The molecule has 0 fully saturated rings. The number of carbonyl (C=O) groups excluding carboxylic acids is 3. The van der Waals surface area contributed by atoms with Gasteiger partial charge < -0.3 is 10.5 Å². The summed E-state index contributed by atoms with van der Waals surface area (Å²) in [6.45, 7) is 5.11. The predicted molar refractivity (Wildman–Crippen MR) is 88.5 cm³/mol. The maximum atomic E-state index is 12.6. The number of nitrogens with two attached hydrogens (primary N) is 1. The summed E-state index contributed by atoms with van der Waals surface area (Å²) in [4.78, 5) is 39.6. The van der Waals surface area contributed by atoms with Crippen molar-refractivity contribution in [1.29, 1.82) is 0 Å². The van der Waals surface area contributed by atoms with Gasteiger partial charge in [0.2, 0.25) is 0 Å². The first-order valence-corrected chi connectivity index (χ1v) is 7.54. The minimum absolute atomic E-state index is 0.371. The Kier molecular flexibility index (Phi) is 5.13. The standard InChI is InChI=1S/C17H19N3O4/c1-4-12-9(2)14(11-7-5-6-8-13(11)19-12)16(22)24-10(3)15(21)20-17(18)23/h5-8,10H,4H2,1-3H3,(H3,18,20,21,23)/t10-/m0/s1.